The quantitative estimate of drug-likeness (QED) is 0.675. The normalized spacial score (nSPS) is 10.4. The second-order valence-electron chi connectivity index (χ2n) is 4.84. The third-order valence-electron chi connectivity index (χ3n) is 3.25. The first-order chi connectivity index (χ1) is 12.1. The van der Waals surface area contributed by atoms with Crippen LogP contribution in [0.4, 0.5) is 0 Å². The second-order valence-corrected chi connectivity index (χ2v) is 5.89. The maximum absolute atomic E-state index is 11.4. The molecular formula is C16H21N3O5S. The molecular weight excluding hydrogens is 346 g/mol. The van der Waals surface area contributed by atoms with Crippen LogP contribution in [0.1, 0.15) is 13.3 Å². The lowest BCUT2D eigenvalue weighted by Gasteiger charge is -2.12. The van der Waals surface area contributed by atoms with Gasteiger partial charge in [0.05, 0.1) is 21.3 Å². The molecule has 0 fully saturated rings. The predicted octanol–water partition coefficient (Wildman–Crippen LogP) is 2.38. The summed E-state index contributed by atoms with van der Waals surface area (Å²) in [5.74, 6) is 2.38. The Kier molecular flexibility index (Phi) is 6.93. The molecule has 2 rings (SSSR count). The van der Waals surface area contributed by atoms with Gasteiger partial charge in [-0.25, -0.2) is 0 Å². The van der Waals surface area contributed by atoms with Crippen LogP contribution in [-0.4, -0.2) is 49.7 Å². The summed E-state index contributed by atoms with van der Waals surface area (Å²) in [5, 5.41) is 11.2. The summed E-state index contributed by atoms with van der Waals surface area (Å²) < 4.78 is 21.6. The van der Waals surface area contributed by atoms with Crippen molar-refractivity contribution in [3.8, 4) is 28.7 Å². The fraction of sp³-hybridized carbons (Fsp3) is 0.438. The smallest absolute Gasteiger partial charge is 0.276 e. The van der Waals surface area contributed by atoms with Crippen molar-refractivity contribution in [1.82, 2.24) is 15.5 Å². The van der Waals surface area contributed by atoms with Crippen LogP contribution in [0.25, 0.3) is 11.5 Å². The minimum atomic E-state index is -0.000587. The summed E-state index contributed by atoms with van der Waals surface area (Å²) in [7, 11) is 4.62. The first kappa shape index (κ1) is 18.9. The number of methoxy groups -OCH3 is 3. The highest BCUT2D eigenvalue weighted by Gasteiger charge is 2.17. The highest BCUT2D eigenvalue weighted by atomic mass is 32.2. The molecule has 136 valence electrons. The lowest BCUT2D eigenvalue weighted by atomic mass is 10.2. The molecule has 25 heavy (non-hydrogen) atoms. The number of aromatic nitrogens is 2. The summed E-state index contributed by atoms with van der Waals surface area (Å²) in [4.78, 5) is 11.4. The number of hydrogen-bond donors (Lipinski definition) is 1. The topological polar surface area (TPSA) is 95.7 Å². The summed E-state index contributed by atoms with van der Waals surface area (Å²) in [5.41, 5.74) is 0.651. The molecule has 0 unspecified atom stereocenters. The summed E-state index contributed by atoms with van der Waals surface area (Å²) in [6.45, 7) is 2.50. The Bertz CT molecular complexity index is 695. The Balaban J connectivity index is 2.12. The van der Waals surface area contributed by atoms with Crippen LogP contribution in [0, 0.1) is 0 Å². The molecule has 1 aromatic carbocycles. The molecule has 9 heteroatoms. The Hall–Kier alpha value is -2.42. The molecule has 0 saturated carbocycles. The van der Waals surface area contributed by atoms with Crippen LogP contribution in [-0.2, 0) is 4.79 Å². The van der Waals surface area contributed by atoms with Crippen LogP contribution in [0.5, 0.6) is 17.2 Å². The number of benzene rings is 1. The lowest BCUT2D eigenvalue weighted by Crippen LogP contribution is -2.22. The van der Waals surface area contributed by atoms with Crippen LogP contribution < -0.4 is 19.5 Å². The van der Waals surface area contributed by atoms with Gasteiger partial charge in [0.25, 0.3) is 5.22 Å². The van der Waals surface area contributed by atoms with Gasteiger partial charge >= 0.3 is 0 Å². The van der Waals surface area contributed by atoms with E-state index in [0.717, 1.165) is 0 Å². The summed E-state index contributed by atoms with van der Waals surface area (Å²) in [6, 6.07) is 3.47. The first-order valence-corrected chi connectivity index (χ1v) is 8.64. The SMILES string of the molecule is CCNC(=O)CCSc1nnc(-c2cc(OC)c(OC)c(OC)c2)o1. The average Bonchev–Trinajstić information content (AvgIpc) is 3.09. The highest BCUT2D eigenvalue weighted by Crippen LogP contribution is 2.41. The molecule has 1 amide bonds. The van der Waals surface area contributed by atoms with Gasteiger partial charge in [-0.05, 0) is 19.1 Å². The molecule has 0 radical (unpaired) electrons. The molecule has 0 aliphatic carbocycles. The van der Waals surface area contributed by atoms with Crippen molar-refractivity contribution in [3.05, 3.63) is 12.1 Å². The average molecular weight is 367 g/mol. The Morgan fingerprint density at radius 3 is 2.40 bits per heavy atom. The number of carbonyl (C=O) groups is 1. The molecule has 2 aromatic rings. The number of ether oxygens (including phenoxy) is 3. The zero-order chi connectivity index (χ0) is 18.2. The standard InChI is InChI=1S/C16H21N3O5S/c1-5-17-13(20)6-7-25-16-19-18-15(24-16)10-8-11(21-2)14(23-4)12(9-10)22-3/h8-9H,5-7H2,1-4H3,(H,17,20). The number of carbonyl (C=O) groups excluding carboxylic acids is 1. The predicted molar refractivity (Wildman–Crippen MR) is 93.4 cm³/mol. The van der Waals surface area contributed by atoms with Crippen molar-refractivity contribution in [1.29, 1.82) is 0 Å². The van der Waals surface area contributed by atoms with Gasteiger partial charge in [0.15, 0.2) is 11.5 Å². The van der Waals surface area contributed by atoms with Crippen molar-refractivity contribution < 1.29 is 23.4 Å². The Morgan fingerprint density at radius 1 is 1.16 bits per heavy atom. The molecule has 0 atom stereocenters. The van der Waals surface area contributed by atoms with E-state index in [9.17, 15) is 4.79 Å². The van der Waals surface area contributed by atoms with Gasteiger partial charge in [0.2, 0.25) is 17.5 Å². The monoisotopic (exact) mass is 367 g/mol. The number of nitrogens with zero attached hydrogens (tertiary/aromatic N) is 2. The maximum atomic E-state index is 11.4. The minimum Gasteiger partial charge on any atom is -0.493 e. The van der Waals surface area contributed by atoms with Gasteiger partial charge in [-0.2, -0.15) is 0 Å². The number of nitrogens with one attached hydrogen (secondary N) is 1. The van der Waals surface area contributed by atoms with Crippen LogP contribution >= 0.6 is 11.8 Å². The van der Waals surface area contributed by atoms with Crippen LogP contribution in [0.2, 0.25) is 0 Å². The third-order valence-corrected chi connectivity index (χ3v) is 4.07. The Labute approximate surface area is 150 Å². The molecule has 8 nitrogen and oxygen atoms in total. The van der Waals surface area contributed by atoms with E-state index >= 15 is 0 Å². The second kappa shape index (κ2) is 9.16. The molecule has 0 bridgehead atoms. The van der Waals surface area contributed by atoms with Crippen molar-refractivity contribution in [2.24, 2.45) is 0 Å². The zero-order valence-corrected chi connectivity index (χ0v) is 15.4. The highest BCUT2D eigenvalue weighted by molar-refractivity contribution is 7.99. The van der Waals surface area contributed by atoms with Gasteiger partial charge in [0.1, 0.15) is 0 Å². The van der Waals surface area contributed by atoms with E-state index in [1.165, 1.54) is 33.1 Å². The van der Waals surface area contributed by atoms with E-state index < -0.39 is 0 Å². The van der Waals surface area contributed by atoms with Gasteiger partial charge in [-0.1, -0.05) is 11.8 Å². The Morgan fingerprint density at radius 2 is 1.84 bits per heavy atom. The van der Waals surface area contributed by atoms with E-state index in [1.54, 1.807) is 12.1 Å². The number of amides is 1. The van der Waals surface area contributed by atoms with E-state index in [2.05, 4.69) is 15.5 Å². The number of thioether (sulfide) groups is 1. The van der Waals surface area contributed by atoms with Crippen molar-refractivity contribution in [2.75, 3.05) is 33.6 Å². The maximum Gasteiger partial charge on any atom is 0.276 e. The van der Waals surface area contributed by atoms with Crippen molar-refractivity contribution in [3.63, 3.8) is 0 Å². The lowest BCUT2D eigenvalue weighted by molar-refractivity contribution is -0.120. The molecule has 1 aromatic heterocycles. The number of rotatable bonds is 9. The molecule has 1 heterocycles. The van der Waals surface area contributed by atoms with Crippen molar-refractivity contribution in [2.45, 2.75) is 18.6 Å². The van der Waals surface area contributed by atoms with Gasteiger partial charge < -0.3 is 23.9 Å². The van der Waals surface area contributed by atoms with Gasteiger partial charge in [0, 0.05) is 24.3 Å². The molecule has 0 saturated heterocycles. The zero-order valence-electron chi connectivity index (χ0n) is 14.6. The fourth-order valence-corrected chi connectivity index (χ4v) is 2.80. The fourth-order valence-electron chi connectivity index (χ4n) is 2.11. The summed E-state index contributed by atoms with van der Waals surface area (Å²) >= 11 is 1.33. The van der Waals surface area contributed by atoms with E-state index in [4.69, 9.17) is 18.6 Å². The largest absolute Gasteiger partial charge is 0.493 e. The van der Waals surface area contributed by atoms with Crippen LogP contribution in [0.15, 0.2) is 21.8 Å². The molecule has 0 spiro atoms. The third kappa shape index (κ3) is 4.79. The van der Waals surface area contributed by atoms with Gasteiger partial charge in [-0.3, -0.25) is 4.79 Å². The van der Waals surface area contributed by atoms with E-state index in [-0.39, 0.29) is 5.91 Å². The first-order valence-electron chi connectivity index (χ1n) is 7.66. The molecule has 0 aliphatic heterocycles. The molecule has 1 N–H and O–H groups in total. The van der Waals surface area contributed by atoms with Crippen molar-refractivity contribution >= 4 is 17.7 Å². The summed E-state index contributed by atoms with van der Waals surface area (Å²) in [6.07, 6.45) is 0.389. The van der Waals surface area contributed by atoms with E-state index in [1.807, 2.05) is 6.92 Å². The number of hydrogen-bond acceptors (Lipinski definition) is 8. The van der Waals surface area contributed by atoms with E-state index in [0.29, 0.717) is 52.6 Å². The molecule has 0 aliphatic rings. The minimum absolute atomic E-state index is 0.000587. The van der Waals surface area contributed by atoms with Gasteiger partial charge in [-0.15, -0.1) is 10.2 Å². The van der Waals surface area contributed by atoms with Crippen LogP contribution in [0.3, 0.4) is 0 Å².